The number of nitrogens with zero attached hydrogens (tertiary/aromatic N) is 1. The topological polar surface area (TPSA) is 18.5 Å². The summed E-state index contributed by atoms with van der Waals surface area (Å²) in [5.41, 5.74) is 0. The summed E-state index contributed by atoms with van der Waals surface area (Å²) in [6, 6.07) is 0. The summed E-state index contributed by atoms with van der Waals surface area (Å²) in [4.78, 5) is 0. The molecule has 4 heteroatoms. The highest BCUT2D eigenvalue weighted by atomic mass is 79.9. The predicted octanol–water partition coefficient (Wildman–Crippen LogP) is 2.92. The number of likely N-dealkylation sites (N-methyl/N-ethyl adjacent to an activating group) is 1. The summed E-state index contributed by atoms with van der Waals surface area (Å²) in [6.07, 6.45) is 19.6. The zero-order valence-electron chi connectivity index (χ0n) is 18.1. The van der Waals surface area contributed by atoms with Gasteiger partial charge in [-0.15, -0.1) is 0 Å². The summed E-state index contributed by atoms with van der Waals surface area (Å²) in [7, 11) is 6.61. The monoisotopic (exact) mass is 435 g/mol. The van der Waals surface area contributed by atoms with Crippen molar-refractivity contribution >= 4 is 0 Å². The van der Waals surface area contributed by atoms with Crippen molar-refractivity contribution < 1.29 is 30.9 Å². The fraction of sp³-hybridized carbons (Fsp3) is 1.00. The molecule has 1 heterocycles. The Morgan fingerprint density at radius 3 is 1.88 bits per heavy atom. The first-order chi connectivity index (χ1) is 12.0. The lowest BCUT2D eigenvalue weighted by Gasteiger charge is -2.24. The van der Waals surface area contributed by atoms with Crippen molar-refractivity contribution in [2.45, 2.75) is 109 Å². The first-order valence-electron chi connectivity index (χ1n) is 11.1. The van der Waals surface area contributed by atoms with Crippen molar-refractivity contribution in [1.29, 1.82) is 0 Å². The summed E-state index contributed by atoms with van der Waals surface area (Å²) in [6.45, 7) is 4.14. The molecule has 0 radical (unpaired) electrons. The highest BCUT2D eigenvalue weighted by Gasteiger charge is 2.25. The quantitative estimate of drug-likeness (QED) is 0.274. The van der Waals surface area contributed by atoms with E-state index in [1.165, 1.54) is 83.5 Å². The molecule has 0 aromatic heterocycles. The minimum atomic E-state index is 0. The molecule has 0 amide bonds. The number of unbranched alkanes of at least 4 members (excludes halogenated alkanes) is 10. The van der Waals surface area contributed by atoms with Crippen LogP contribution in [0.2, 0.25) is 0 Å². The second-order valence-corrected chi connectivity index (χ2v) is 8.97. The average molecular weight is 437 g/mol. The maximum atomic E-state index is 6.04. The van der Waals surface area contributed by atoms with E-state index in [9.17, 15) is 0 Å². The Labute approximate surface area is 174 Å². The van der Waals surface area contributed by atoms with E-state index in [0.717, 1.165) is 24.1 Å². The molecule has 158 valence electrons. The highest BCUT2D eigenvalue weighted by molar-refractivity contribution is 4.68. The van der Waals surface area contributed by atoms with Crippen LogP contribution in [0.25, 0.3) is 0 Å². The van der Waals surface area contributed by atoms with Gasteiger partial charge in [-0.1, -0.05) is 77.6 Å². The molecule has 0 aromatic carbocycles. The van der Waals surface area contributed by atoms with Gasteiger partial charge in [0.1, 0.15) is 6.54 Å². The van der Waals surface area contributed by atoms with Gasteiger partial charge in [0.2, 0.25) is 0 Å². The fourth-order valence-electron chi connectivity index (χ4n) is 3.50. The molecule has 1 saturated heterocycles. The molecule has 1 rings (SSSR count). The van der Waals surface area contributed by atoms with Gasteiger partial charge >= 0.3 is 0 Å². The van der Waals surface area contributed by atoms with Crippen LogP contribution >= 0.6 is 0 Å². The van der Waals surface area contributed by atoms with Gasteiger partial charge in [0.15, 0.2) is 6.29 Å². The summed E-state index contributed by atoms with van der Waals surface area (Å²) < 4.78 is 12.9. The zero-order chi connectivity index (χ0) is 18.4. The third kappa shape index (κ3) is 15.4. The third-order valence-electron chi connectivity index (χ3n) is 5.26. The maximum absolute atomic E-state index is 6.04. The van der Waals surface area contributed by atoms with Crippen molar-refractivity contribution in [3.63, 3.8) is 0 Å². The molecular weight excluding hydrogens is 390 g/mol. The Morgan fingerprint density at radius 1 is 0.808 bits per heavy atom. The van der Waals surface area contributed by atoms with Crippen LogP contribution in [0, 0.1) is 0 Å². The molecule has 1 aliphatic heterocycles. The molecule has 0 N–H and O–H groups in total. The van der Waals surface area contributed by atoms with Gasteiger partial charge in [0.05, 0.1) is 33.9 Å². The van der Waals surface area contributed by atoms with Gasteiger partial charge in [-0.2, -0.15) is 0 Å². The van der Waals surface area contributed by atoms with Crippen molar-refractivity contribution in [2.24, 2.45) is 0 Å². The number of rotatable bonds is 16. The molecule has 1 aliphatic rings. The molecule has 1 fully saturated rings. The van der Waals surface area contributed by atoms with E-state index in [0.29, 0.717) is 6.10 Å². The van der Waals surface area contributed by atoms with Gasteiger partial charge in [0, 0.05) is 6.42 Å². The molecule has 0 aromatic rings. The van der Waals surface area contributed by atoms with E-state index in [4.69, 9.17) is 9.47 Å². The van der Waals surface area contributed by atoms with E-state index < -0.39 is 0 Å². The average Bonchev–Trinajstić information content (AvgIpc) is 2.99. The van der Waals surface area contributed by atoms with Crippen LogP contribution in [0.3, 0.4) is 0 Å². The molecule has 0 spiro atoms. The third-order valence-corrected chi connectivity index (χ3v) is 5.26. The van der Waals surface area contributed by atoms with Crippen LogP contribution < -0.4 is 17.0 Å². The van der Waals surface area contributed by atoms with Crippen LogP contribution in [0.5, 0.6) is 0 Å². The molecule has 2 atom stereocenters. The van der Waals surface area contributed by atoms with E-state index in [2.05, 4.69) is 28.1 Å². The normalized spacial score (nSPS) is 20.3. The van der Waals surface area contributed by atoms with E-state index in [-0.39, 0.29) is 23.3 Å². The van der Waals surface area contributed by atoms with Gasteiger partial charge in [-0.25, -0.2) is 0 Å². The maximum Gasteiger partial charge on any atom is 0.158 e. The predicted molar refractivity (Wildman–Crippen MR) is 108 cm³/mol. The minimum absolute atomic E-state index is 0. The Hall–Kier alpha value is 0.360. The van der Waals surface area contributed by atoms with E-state index in [1.54, 1.807) is 0 Å². The fourth-order valence-corrected chi connectivity index (χ4v) is 3.50. The molecule has 0 aliphatic carbocycles. The molecule has 0 saturated carbocycles. The van der Waals surface area contributed by atoms with Crippen LogP contribution in [-0.2, 0) is 9.47 Å². The summed E-state index contributed by atoms with van der Waals surface area (Å²) >= 11 is 0. The lowest BCUT2D eigenvalue weighted by atomic mass is 10.0. The SMILES string of the molecule is CCCCCCCCCCCCC[C@@H]1CC[C@@H](OCC[N+](C)(C)C)O1.[Br-]. The van der Waals surface area contributed by atoms with Gasteiger partial charge in [-0.05, 0) is 12.8 Å². The second-order valence-electron chi connectivity index (χ2n) is 8.97. The number of quaternary nitrogens is 1. The van der Waals surface area contributed by atoms with Crippen LogP contribution in [-0.4, -0.2) is 51.2 Å². The lowest BCUT2D eigenvalue weighted by molar-refractivity contribution is -0.871. The Kier molecular flexibility index (Phi) is 16.6. The van der Waals surface area contributed by atoms with Crippen LogP contribution in [0.4, 0.5) is 0 Å². The molecule has 0 bridgehead atoms. The van der Waals surface area contributed by atoms with Crippen molar-refractivity contribution in [2.75, 3.05) is 34.3 Å². The Balaban J connectivity index is 0.00000625. The first kappa shape index (κ1) is 26.4. The van der Waals surface area contributed by atoms with Crippen molar-refractivity contribution in [1.82, 2.24) is 0 Å². The minimum Gasteiger partial charge on any atom is -1.00 e. The smallest absolute Gasteiger partial charge is 0.158 e. The molecule has 0 unspecified atom stereocenters. The summed E-state index contributed by atoms with van der Waals surface area (Å²) in [5, 5.41) is 0. The van der Waals surface area contributed by atoms with E-state index in [1.807, 2.05) is 0 Å². The van der Waals surface area contributed by atoms with Crippen molar-refractivity contribution in [3.8, 4) is 0 Å². The van der Waals surface area contributed by atoms with Crippen LogP contribution in [0.15, 0.2) is 0 Å². The Bertz CT molecular complexity index is 307. The van der Waals surface area contributed by atoms with Gasteiger partial charge in [0.25, 0.3) is 0 Å². The van der Waals surface area contributed by atoms with E-state index >= 15 is 0 Å². The largest absolute Gasteiger partial charge is 1.00 e. The van der Waals surface area contributed by atoms with Gasteiger partial charge in [-0.3, -0.25) is 0 Å². The Morgan fingerprint density at radius 2 is 1.35 bits per heavy atom. The summed E-state index contributed by atoms with van der Waals surface area (Å²) in [5.74, 6) is 0. The number of ether oxygens (including phenoxy) is 2. The van der Waals surface area contributed by atoms with Gasteiger partial charge < -0.3 is 30.9 Å². The number of halogens is 1. The first-order valence-corrected chi connectivity index (χ1v) is 11.1. The van der Waals surface area contributed by atoms with Crippen LogP contribution in [0.1, 0.15) is 96.8 Å². The second kappa shape index (κ2) is 16.3. The standard InChI is InChI=1S/C22H46NO2.BrH/c1-5-6-7-8-9-10-11-12-13-14-15-16-21-17-18-22(25-21)24-20-19-23(2,3)4;/h21-22H,5-20H2,1-4H3;1H/q+1;/p-1/t21-,22+;/m1./s1. The van der Waals surface area contributed by atoms with Crippen molar-refractivity contribution in [3.05, 3.63) is 0 Å². The lowest BCUT2D eigenvalue weighted by Crippen LogP contribution is -3.00. The zero-order valence-corrected chi connectivity index (χ0v) is 19.7. The molecular formula is C22H46BrNO2. The molecule has 26 heavy (non-hydrogen) atoms. The molecule has 3 nitrogen and oxygen atoms in total. The number of hydrogen-bond acceptors (Lipinski definition) is 2. The number of hydrogen-bond donors (Lipinski definition) is 0. The highest BCUT2D eigenvalue weighted by Crippen LogP contribution is 2.25.